The summed E-state index contributed by atoms with van der Waals surface area (Å²) in [6.45, 7) is 6.71. The number of carbonyl (C=O) groups is 2. The first-order valence-corrected chi connectivity index (χ1v) is 8.50. The van der Waals surface area contributed by atoms with E-state index in [2.05, 4.69) is 39.5 Å². The third kappa shape index (κ3) is 5.23. The zero-order valence-corrected chi connectivity index (χ0v) is 15.2. The maximum absolute atomic E-state index is 12.0. The third-order valence-electron chi connectivity index (χ3n) is 4.43. The van der Waals surface area contributed by atoms with Crippen LogP contribution >= 0.6 is 0 Å². The second-order valence-corrected chi connectivity index (χ2v) is 6.61. The molecular formula is C16H27N5O4. The number of hydrogen-bond donors (Lipinski definition) is 2. The molecule has 140 valence electrons. The summed E-state index contributed by atoms with van der Waals surface area (Å²) in [7, 11) is 3.10. The van der Waals surface area contributed by atoms with Crippen LogP contribution in [0, 0.1) is 11.8 Å². The molecule has 2 heterocycles. The standard InChI is InChI=1S/C16H27N5O4/c1-10(2)11-7-21(8-12(11)18-13(22)5-6-24-4)9-14-19-15(20-25-14)16(23)17-3/h10-12H,5-9H2,1-4H3,(H,17,23)(H,18,22)/t11-,12+/m1/s1. The molecule has 0 bridgehead atoms. The molecular weight excluding hydrogens is 326 g/mol. The average molecular weight is 353 g/mol. The maximum atomic E-state index is 12.0. The number of carbonyl (C=O) groups excluding carboxylic acids is 2. The lowest BCUT2D eigenvalue weighted by Crippen LogP contribution is -2.42. The number of nitrogens with zero attached hydrogens (tertiary/aromatic N) is 3. The molecule has 1 aromatic rings. The van der Waals surface area contributed by atoms with Crippen molar-refractivity contribution in [2.75, 3.05) is 33.9 Å². The Morgan fingerprint density at radius 3 is 2.80 bits per heavy atom. The first-order valence-electron chi connectivity index (χ1n) is 8.50. The van der Waals surface area contributed by atoms with E-state index in [0.29, 0.717) is 43.8 Å². The van der Waals surface area contributed by atoms with E-state index in [1.54, 1.807) is 7.11 Å². The first kappa shape index (κ1) is 19.3. The van der Waals surface area contributed by atoms with Crippen molar-refractivity contribution in [3.8, 4) is 0 Å². The molecule has 1 saturated heterocycles. The fraction of sp³-hybridized carbons (Fsp3) is 0.750. The van der Waals surface area contributed by atoms with Crippen molar-refractivity contribution >= 4 is 11.8 Å². The minimum atomic E-state index is -0.375. The molecule has 2 rings (SSSR count). The van der Waals surface area contributed by atoms with Gasteiger partial charge >= 0.3 is 0 Å². The quantitative estimate of drug-likeness (QED) is 0.679. The van der Waals surface area contributed by atoms with Gasteiger partial charge in [0.25, 0.3) is 11.7 Å². The van der Waals surface area contributed by atoms with Gasteiger partial charge in [0, 0.05) is 39.7 Å². The van der Waals surface area contributed by atoms with Gasteiger partial charge in [-0.05, 0) is 11.8 Å². The second kappa shape index (κ2) is 8.91. The summed E-state index contributed by atoms with van der Waals surface area (Å²) in [5.74, 6) is 0.822. The molecule has 1 aliphatic heterocycles. The van der Waals surface area contributed by atoms with Crippen molar-refractivity contribution in [3.05, 3.63) is 11.7 Å². The minimum absolute atomic E-state index is 0.000886. The van der Waals surface area contributed by atoms with Crippen LogP contribution in [0.5, 0.6) is 0 Å². The first-order chi connectivity index (χ1) is 11.9. The summed E-state index contributed by atoms with van der Waals surface area (Å²) in [4.78, 5) is 29.8. The Hall–Kier alpha value is -2.00. The van der Waals surface area contributed by atoms with E-state index >= 15 is 0 Å². The predicted octanol–water partition coefficient (Wildman–Crippen LogP) is 0.0383. The van der Waals surface area contributed by atoms with E-state index in [1.807, 2.05) is 0 Å². The van der Waals surface area contributed by atoms with E-state index in [-0.39, 0.29) is 23.7 Å². The Morgan fingerprint density at radius 1 is 1.40 bits per heavy atom. The molecule has 2 amide bonds. The third-order valence-corrected chi connectivity index (χ3v) is 4.43. The Kier molecular flexibility index (Phi) is 6.89. The number of hydrogen-bond acceptors (Lipinski definition) is 7. The molecule has 0 unspecified atom stereocenters. The van der Waals surface area contributed by atoms with Gasteiger partial charge in [0.1, 0.15) is 0 Å². The maximum Gasteiger partial charge on any atom is 0.292 e. The van der Waals surface area contributed by atoms with Crippen LogP contribution in [0.2, 0.25) is 0 Å². The van der Waals surface area contributed by atoms with Gasteiger partial charge in [-0.3, -0.25) is 14.5 Å². The van der Waals surface area contributed by atoms with E-state index < -0.39 is 0 Å². The number of methoxy groups -OCH3 is 1. The fourth-order valence-electron chi connectivity index (χ4n) is 3.06. The van der Waals surface area contributed by atoms with Crippen molar-refractivity contribution in [1.82, 2.24) is 25.7 Å². The number of likely N-dealkylation sites (tertiary alicyclic amines) is 1. The topological polar surface area (TPSA) is 110 Å². The molecule has 0 aliphatic carbocycles. The van der Waals surface area contributed by atoms with Crippen LogP contribution in [-0.4, -0.2) is 66.8 Å². The molecule has 0 radical (unpaired) electrons. The highest BCUT2D eigenvalue weighted by Crippen LogP contribution is 2.25. The summed E-state index contributed by atoms with van der Waals surface area (Å²) < 4.78 is 10.1. The zero-order valence-electron chi connectivity index (χ0n) is 15.2. The van der Waals surface area contributed by atoms with Gasteiger partial charge in [-0.25, -0.2) is 0 Å². The van der Waals surface area contributed by atoms with E-state index in [0.717, 1.165) is 6.54 Å². The van der Waals surface area contributed by atoms with Crippen LogP contribution < -0.4 is 10.6 Å². The molecule has 1 fully saturated rings. The molecule has 2 N–H and O–H groups in total. The van der Waals surface area contributed by atoms with Crippen LogP contribution in [-0.2, 0) is 16.1 Å². The lowest BCUT2D eigenvalue weighted by molar-refractivity contribution is -0.122. The summed E-state index contributed by atoms with van der Waals surface area (Å²) in [6, 6.07) is 0.0747. The van der Waals surface area contributed by atoms with E-state index in [4.69, 9.17) is 9.26 Å². The number of ether oxygens (including phenoxy) is 1. The van der Waals surface area contributed by atoms with Crippen LogP contribution in [0.3, 0.4) is 0 Å². The molecule has 0 aromatic carbocycles. The Morgan fingerprint density at radius 2 is 2.16 bits per heavy atom. The van der Waals surface area contributed by atoms with Crippen LogP contribution in [0.25, 0.3) is 0 Å². The Balaban J connectivity index is 1.95. The van der Waals surface area contributed by atoms with Gasteiger partial charge in [-0.15, -0.1) is 0 Å². The van der Waals surface area contributed by atoms with Crippen LogP contribution in [0.15, 0.2) is 4.52 Å². The SMILES string of the molecule is CNC(=O)c1noc(CN2C[C@H](NC(=O)CCOC)[C@@H](C(C)C)C2)n1. The molecule has 2 atom stereocenters. The van der Waals surface area contributed by atoms with Crippen molar-refractivity contribution < 1.29 is 18.8 Å². The molecule has 1 aromatic heterocycles. The average Bonchev–Trinajstić information content (AvgIpc) is 3.19. The lowest BCUT2D eigenvalue weighted by Gasteiger charge is -2.22. The number of rotatable bonds is 8. The monoisotopic (exact) mass is 353 g/mol. The molecule has 1 aliphatic rings. The van der Waals surface area contributed by atoms with E-state index in [9.17, 15) is 9.59 Å². The normalized spacial score (nSPS) is 20.8. The number of aromatic nitrogens is 2. The summed E-state index contributed by atoms with van der Waals surface area (Å²) >= 11 is 0. The summed E-state index contributed by atoms with van der Waals surface area (Å²) in [5, 5.41) is 9.24. The molecule has 25 heavy (non-hydrogen) atoms. The fourth-order valence-corrected chi connectivity index (χ4v) is 3.06. The van der Waals surface area contributed by atoms with Gasteiger partial charge in [-0.1, -0.05) is 19.0 Å². The van der Waals surface area contributed by atoms with Crippen molar-refractivity contribution in [3.63, 3.8) is 0 Å². The van der Waals surface area contributed by atoms with Crippen LogP contribution in [0.1, 0.15) is 36.8 Å². The number of nitrogens with one attached hydrogen (secondary N) is 2. The largest absolute Gasteiger partial charge is 0.384 e. The van der Waals surface area contributed by atoms with Gasteiger partial charge < -0.3 is 19.9 Å². The Labute approximate surface area is 147 Å². The molecule has 9 heteroatoms. The van der Waals surface area contributed by atoms with Crippen molar-refractivity contribution in [1.29, 1.82) is 0 Å². The molecule has 0 spiro atoms. The van der Waals surface area contributed by atoms with Gasteiger partial charge in [0.2, 0.25) is 11.8 Å². The minimum Gasteiger partial charge on any atom is -0.384 e. The molecule has 9 nitrogen and oxygen atoms in total. The highest BCUT2D eigenvalue weighted by atomic mass is 16.5. The van der Waals surface area contributed by atoms with Crippen molar-refractivity contribution in [2.24, 2.45) is 11.8 Å². The molecule has 0 saturated carbocycles. The summed E-state index contributed by atoms with van der Waals surface area (Å²) in [6.07, 6.45) is 0.358. The Bertz CT molecular complexity index is 589. The van der Waals surface area contributed by atoms with Gasteiger partial charge in [-0.2, -0.15) is 4.98 Å². The van der Waals surface area contributed by atoms with E-state index in [1.165, 1.54) is 7.05 Å². The predicted molar refractivity (Wildman–Crippen MR) is 89.7 cm³/mol. The highest BCUT2D eigenvalue weighted by molar-refractivity contribution is 5.89. The zero-order chi connectivity index (χ0) is 18.4. The summed E-state index contributed by atoms with van der Waals surface area (Å²) in [5.41, 5.74) is 0. The smallest absolute Gasteiger partial charge is 0.292 e. The number of amides is 2. The van der Waals surface area contributed by atoms with Gasteiger partial charge in [0.15, 0.2) is 0 Å². The highest BCUT2D eigenvalue weighted by Gasteiger charge is 2.36. The lowest BCUT2D eigenvalue weighted by atomic mass is 9.91. The van der Waals surface area contributed by atoms with Crippen LogP contribution in [0.4, 0.5) is 0 Å². The van der Waals surface area contributed by atoms with Crippen molar-refractivity contribution in [2.45, 2.75) is 32.9 Å². The van der Waals surface area contributed by atoms with Gasteiger partial charge in [0.05, 0.1) is 13.2 Å². The second-order valence-electron chi connectivity index (χ2n) is 6.61.